The van der Waals surface area contributed by atoms with Crippen molar-refractivity contribution in [3.63, 3.8) is 0 Å². The number of aromatic nitrogens is 4. The summed E-state index contributed by atoms with van der Waals surface area (Å²) in [6.07, 6.45) is 4.34. The number of nitrogens with one attached hydrogen (secondary N) is 1. The summed E-state index contributed by atoms with van der Waals surface area (Å²) in [7, 11) is 0. The van der Waals surface area contributed by atoms with Gasteiger partial charge in [-0.1, -0.05) is 48.5 Å². The van der Waals surface area contributed by atoms with Crippen LogP contribution in [0.25, 0.3) is 22.0 Å². The molecule has 26 heavy (non-hydrogen) atoms. The van der Waals surface area contributed by atoms with Gasteiger partial charge >= 0.3 is 0 Å². The monoisotopic (exact) mass is 341 g/mol. The summed E-state index contributed by atoms with van der Waals surface area (Å²) >= 11 is 0. The van der Waals surface area contributed by atoms with Gasteiger partial charge in [-0.25, -0.2) is 4.98 Å². The van der Waals surface area contributed by atoms with Crippen LogP contribution in [0.3, 0.4) is 0 Å². The Kier molecular flexibility index (Phi) is 4.51. The predicted molar refractivity (Wildman–Crippen MR) is 104 cm³/mol. The van der Waals surface area contributed by atoms with Crippen molar-refractivity contribution in [2.45, 2.75) is 13.3 Å². The maximum absolute atomic E-state index is 4.64. The largest absolute Gasteiger partial charge is 0.353 e. The zero-order chi connectivity index (χ0) is 17.8. The molecule has 0 bridgehead atoms. The second-order valence-corrected chi connectivity index (χ2v) is 6.14. The summed E-state index contributed by atoms with van der Waals surface area (Å²) in [6.45, 7) is 2.78. The van der Waals surface area contributed by atoms with Gasteiger partial charge in [-0.3, -0.25) is 4.98 Å². The van der Waals surface area contributed by atoms with Crippen LogP contribution >= 0.6 is 0 Å². The maximum Gasteiger partial charge on any atom is 0.243 e. The molecule has 0 radical (unpaired) electrons. The molecule has 4 aromatic rings. The quantitative estimate of drug-likeness (QED) is 0.593. The molecule has 5 nitrogen and oxygen atoms in total. The van der Waals surface area contributed by atoms with E-state index in [1.54, 1.807) is 6.20 Å². The van der Waals surface area contributed by atoms with Gasteiger partial charge in [0.15, 0.2) is 0 Å². The van der Waals surface area contributed by atoms with Gasteiger partial charge in [0.25, 0.3) is 0 Å². The lowest BCUT2D eigenvalue weighted by atomic mass is 10.0. The van der Waals surface area contributed by atoms with Crippen LogP contribution in [-0.2, 0) is 6.42 Å². The van der Waals surface area contributed by atoms with Crippen molar-refractivity contribution in [2.24, 2.45) is 0 Å². The molecule has 0 saturated heterocycles. The second kappa shape index (κ2) is 7.27. The van der Waals surface area contributed by atoms with Crippen LogP contribution in [-0.4, -0.2) is 26.7 Å². The molecule has 0 aliphatic carbocycles. The molecule has 0 atom stereocenters. The Morgan fingerprint density at radius 3 is 2.77 bits per heavy atom. The molecular formula is C21H19N5. The molecule has 0 spiro atoms. The average Bonchev–Trinajstić information content (AvgIpc) is 2.69. The van der Waals surface area contributed by atoms with Crippen molar-refractivity contribution in [2.75, 3.05) is 11.9 Å². The third-order valence-corrected chi connectivity index (χ3v) is 4.39. The number of benzene rings is 2. The highest BCUT2D eigenvalue weighted by Crippen LogP contribution is 2.26. The van der Waals surface area contributed by atoms with E-state index in [0.717, 1.165) is 28.8 Å². The van der Waals surface area contributed by atoms with Crippen molar-refractivity contribution in [3.8, 4) is 11.3 Å². The van der Waals surface area contributed by atoms with E-state index < -0.39 is 0 Å². The standard InChI is InChI=1S/C21H19N5/c1-15-6-5-12-22-19(15)11-13-23-21-25-20(14-24-26-21)18-10-4-8-16-7-2-3-9-17(16)18/h2-10,12,14H,11,13H2,1H3,(H,23,25,26). The zero-order valence-electron chi connectivity index (χ0n) is 14.6. The van der Waals surface area contributed by atoms with E-state index in [2.05, 4.69) is 62.7 Å². The van der Waals surface area contributed by atoms with E-state index in [9.17, 15) is 0 Å². The fraction of sp³-hybridized carbons (Fsp3) is 0.143. The molecule has 2 aromatic carbocycles. The first-order valence-electron chi connectivity index (χ1n) is 8.63. The molecule has 128 valence electrons. The van der Waals surface area contributed by atoms with Gasteiger partial charge in [-0.2, -0.15) is 5.10 Å². The molecule has 4 rings (SSSR count). The van der Waals surface area contributed by atoms with Gasteiger partial charge in [-0.15, -0.1) is 5.10 Å². The second-order valence-electron chi connectivity index (χ2n) is 6.14. The van der Waals surface area contributed by atoms with Crippen molar-refractivity contribution in [3.05, 3.63) is 78.2 Å². The number of nitrogens with zero attached hydrogens (tertiary/aromatic N) is 4. The normalized spacial score (nSPS) is 10.8. The van der Waals surface area contributed by atoms with Crippen molar-refractivity contribution >= 4 is 16.7 Å². The van der Waals surface area contributed by atoms with Crippen LogP contribution in [0.5, 0.6) is 0 Å². The van der Waals surface area contributed by atoms with Crippen LogP contribution in [0.2, 0.25) is 0 Å². The summed E-state index contributed by atoms with van der Waals surface area (Å²) in [5.41, 5.74) is 4.14. The number of fused-ring (bicyclic) bond motifs is 1. The Balaban J connectivity index is 1.54. The van der Waals surface area contributed by atoms with Crippen molar-refractivity contribution in [1.82, 2.24) is 20.2 Å². The first-order valence-corrected chi connectivity index (χ1v) is 8.63. The summed E-state index contributed by atoms with van der Waals surface area (Å²) in [5, 5.41) is 13.8. The molecule has 2 heterocycles. The molecule has 2 aromatic heterocycles. The number of pyridine rings is 1. The van der Waals surface area contributed by atoms with E-state index >= 15 is 0 Å². The highest BCUT2D eigenvalue weighted by Gasteiger charge is 2.07. The van der Waals surface area contributed by atoms with Gasteiger partial charge in [0, 0.05) is 30.4 Å². The summed E-state index contributed by atoms with van der Waals surface area (Å²) in [6, 6.07) is 18.5. The van der Waals surface area contributed by atoms with Gasteiger partial charge in [-0.05, 0) is 29.3 Å². The maximum atomic E-state index is 4.64. The molecule has 0 saturated carbocycles. The topological polar surface area (TPSA) is 63.6 Å². The predicted octanol–water partition coefficient (Wildman–Crippen LogP) is 4.05. The third-order valence-electron chi connectivity index (χ3n) is 4.39. The third kappa shape index (κ3) is 3.37. The number of rotatable bonds is 5. The van der Waals surface area contributed by atoms with Crippen molar-refractivity contribution < 1.29 is 0 Å². The summed E-state index contributed by atoms with van der Waals surface area (Å²) in [5.74, 6) is 0.531. The van der Waals surface area contributed by atoms with Crippen LogP contribution in [0.4, 0.5) is 5.95 Å². The van der Waals surface area contributed by atoms with E-state index in [4.69, 9.17) is 0 Å². The number of hydrogen-bond donors (Lipinski definition) is 1. The highest BCUT2D eigenvalue weighted by atomic mass is 15.2. The van der Waals surface area contributed by atoms with Crippen LogP contribution in [0, 0.1) is 6.92 Å². The zero-order valence-corrected chi connectivity index (χ0v) is 14.6. The Hall–Kier alpha value is -3.34. The molecule has 5 heteroatoms. The highest BCUT2D eigenvalue weighted by molar-refractivity contribution is 5.95. The Labute approximate surface area is 152 Å². The fourth-order valence-electron chi connectivity index (χ4n) is 3.03. The minimum atomic E-state index is 0.531. The van der Waals surface area contributed by atoms with E-state index in [0.29, 0.717) is 12.5 Å². The van der Waals surface area contributed by atoms with Crippen LogP contribution in [0.1, 0.15) is 11.3 Å². The minimum absolute atomic E-state index is 0.531. The van der Waals surface area contributed by atoms with Crippen LogP contribution in [0.15, 0.2) is 67.0 Å². The van der Waals surface area contributed by atoms with Crippen LogP contribution < -0.4 is 5.32 Å². The Morgan fingerprint density at radius 1 is 0.962 bits per heavy atom. The summed E-state index contributed by atoms with van der Waals surface area (Å²) in [4.78, 5) is 9.05. The van der Waals surface area contributed by atoms with Crippen molar-refractivity contribution in [1.29, 1.82) is 0 Å². The van der Waals surface area contributed by atoms with Gasteiger partial charge < -0.3 is 5.32 Å². The minimum Gasteiger partial charge on any atom is -0.353 e. The number of anilines is 1. The lowest BCUT2D eigenvalue weighted by Gasteiger charge is -2.08. The SMILES string of the molecule is Cc1cccnc1CCNc1nncc(-c2cccc3ccccc23)n1. The van der Waals surface area contributed by atoms with E-state index in [1.807, 2.05) is 30.5 Å². The van der Waals surface area contributed by atoms with Gasteiger partial charge in [0.2, 0.25) is 5.95 Å². The lowest BCUT2D eigenvalue weighted by molar-refractivity contribution is 0.902. The van der Waals surface area contributed by atoms with E-state index in [1.165, 1.54) is 10.9 Å². The first kappa shape index (κ1) is 16.1. The Morgan fingerprint density at radius 2 is 1.85 bits per heavy atom. The molecular weight excluding hydrogens is 322 g/mol. The molecule has 0 aliphatic heterocycles. The Bertz CT molecular complexity index is 1040. The number of hydrogen-bond acceptors (Lipinski definition) is 5. The summed E-state index contributed by atoms with van der Waals surface area (Å²) < 4.78 is 0. The molecule has 1 N–H and O–H groups in total. The molecule has 0 unspecified atom stereocenters. The van der Waals surface area contributed by atoms with Gasteiger partial charge in [0.05, 0.1) is 11.9 Å². The smallest absolute Gasteiger partial charge is 0.243 e. The van der Waals surface area contributed by atoms with E-state index in [-0.39, 0.29) is 0 Å². The lowest BCUT2D eigenvalue weighted by Crippen LogP contribution is -2.10. The van der Waals surface area contributed by atoms with Gasteiger partial charge in [0.1, 0.15) is 0 Å². The number of aryl methyl sites for hydroxylation is 1. The molecule has 0 aliphatic rings. The fourth-order valence-corrected chi connectivity index (χ4v) is 3.03. The first-order chi connectivity index (χ1) is 12.8. The molecule has 0 fully saturated rings. The molecule has 0 amide bonds. The average molecular weight is 341 g/mol.